The first kappa shape index (κ1) is 17.0. The van der Waals surface area contributed by atoms with Gasteiger partial charge in [0.15, 0.2) is 0 Å². The Bertz CT molecular complexity index is 702. The summed E-state index contributed by atoms with van der Waals surface area (Å²) < 4.78 is 11.6. The highest BCUT2D eigenvalue weighted by atomic mass is 32.2. The molecule has 2 nitrogen and oxygen atoms in total. The quantitative estimate of drug-likeness (QED) is 0.513. The van der Waals surface area contributed by atoms with Crippen molar-refractivity contribution >= 4 is 36.4 Å². The van der Waals surface area contributed by atoms with Crippen LogP contribution in [0.5, 0.6) is 5.75 Å². The molecule has 0 N–H and O–H groups in total. The summed E-state index contributed by atoms with van der Waals surface area (Å²) in [5, 5.41) is 3.44. The molecular weight excluding hydrogens is 308 g/mol. The summed E-state index contributed by atoms with van der Waals surface area (Å²) in [5.41, 5.74) is 2.42. The van der Waals surface area contributed by atoms with Gasteiger partial charge in [-0.2, -0.15) is 0 Å². The van der Waals surface area contributed by atoms with E-state index < -0.39 is 8.32 Å². The fourth-order valence-corrected chi connectivity index (χ4v) is 4.58. The highest BCUT2D eigenvalue weighted by molar-refractivity contribution is 8.02. The third-order valence-electron chi connectivity index (χ3n) is 3.38. The van der Waals surface area contributed by atoms with Crippen LogP contribution in [-0.2, 0) is 4.43 Å². The van der Waals surface area contributed by atoms with Crippen molar-refractivity contribution in [3.8, 4) is 5.75 Å². The zero-order valence-corrected chi connectivity index (χ0v) is 16.0. The minimum Gasteiger partial charge on any atom is -0.540 e. The molecule has 118 valence electrons. The van der Waals surface area contributed by atoms with Gasteiger partial charge in [-0.3, -0.25) is 0 Å². The number of allylic oxidation sites excluding steroid dienone is 1. The maximum atomic E-state index is 6.25. The van der Waals surface area contributed by atoms with E-state index in [0.717, 1.165) is 10.8 Å². The van der Waals surface area contributed by atoms with Crippen LogP contribution in [0.1, 0.15) is 12.5 Å². The molecule has 0 saturated carbocycles. The van der Waals surface area contributed by atoms with E-state index in [-0.39, 0.29) is 0 Å². The van der Waals surface area contributed by atoms with E-state index in [1.807, 2.05) is 6.07 Å². The van der Waals surface area contributed by atoms with E-state index >= 15 is 0 Å². The molecule has 0 aromatic heterocycles. The highest BCUT2D eigenvalue weighted by Crippen LogP contribution is 2.33. The van der Waals surface area contributed by atoms with Crippen molar-refractivity contribution in [2.45, 2.75) is 26.6 Å². The molecular formula is C18H24O2SSi. The zero-order chi connectivity index (χ0) is 16.3. The Morgan fingerprint density at radius 3 is 2.41 bits per heavy atom. The fraction of sp³-hybridized carbons (Fsp3) is 0.333. The fourth-order valence-electron chi connectivity index (χ4n) is 2.38. The van der Waals surface area contributed by atoms with Gasteiger partial charge in [-0.25, -0.2) is 0 Å². The normalized spacial score (nSPS) is 13.0. The number of hydrogen-bond acceptors (Lipinski definition) is 3. The molecule has 0 spiro atoms. The average Bonchev–Trinajstić information content (AvgIpc) is 2.49. The molecule has 4 heteroatoms. The van der Waals surface area contributed by atoms with Crippen molar-refractivity contribution in [1.29, 1.82) is 0 Å². The maximum Gasteiger partial charge on any atom is 0.242 e. The van der Waals surface area contributed by atoms with E-state index in [2.05, 4.69) is 63.2 Å². The van der Waals surface area contributed by atoms with E-state index in [1.54, 1.807) is 18.9 Å². The molecule has 0 atom stereocenters. The van der Waals surface area contributed by atoms with Gasteiger partial charge in [0.05, 0.1) is 7.11 Å². The van der Waals surface area contributed by atoms with Crippen molar-refractivity contribution in [2.24, 2.45) is 0 Å². The second-order valence-corrected chi connectivity index (χ2v) is 11.4. The second kappa shape index (κ2) is 6.80. The van der Waals surface area contributed by atoms with Crippen LogP contribution in [0.3, 0.4) is 0 Å². The molecule has 22 heavy (non-hydrogen) atoms. The first-order valence-corrected chi connectivity index (χ1v) is 12.0. The Morgan fingerprint density at radius 1 is 1.09 bits per heavy atom. The number of hydrogen-bond donors (Lipinski definition) is 0. The van der Waals surface area contributed by atoms with Gasteiger partial charge < -0.3 is 9.16 Å². The Kier molecular flexibility index (Phi) is 5.24. The van der Waals surface area contributed by atoms with Gasteiger partial charge in [0, 0.05) is 5.57 Å². The number of methoxy groups -OCH3 is 1. The lowest BCUT2D eigenvalue weighted by molar-refractivity contribution is 0.415. The van der Waals surface area contributed by atoms with Crippen LogP contribution in [0.15, 0.2) is 41.5 Å². The molecule has 2 aromatic carbocycles. The van der Waals surface area contributed by atoms with Crippen LogP contribution in [0, 0.1) is 0 Å². The molecule has 2 aromatic rings. The zero-order valence-electron chi connectivity index (χ0n) is 14.2. The molecule has 0 unspecified atom stereocenters. The van der Waals surface area contributed by atoms with Crippen LogP contribution in [-0.4, -0.2) is 21.7 Å². The summed E-state index contributed by atoms with van der Waals surface area (Å²) in [6.45, 7) is 8.78. The number of ether oxygens (including phenoxy) is 1. The number of rotatable bonds is 5. The van der Waals surface area contributed by atoms with E-state index in [1.165, 1.54) is 21.9 Å². The lowest BCUT2D eigenvalue weighted by Gasteiger charge is -2.23. The van der Waals surface area contributed by atoms with E-state index in [9.17, 15) is 0 Å². The molecule has 0 bridgehead atoms. The molecule has 0 fully saturated rings. The summed E-state index contributed by atoms with van der Waals surface area (Å²) in [6.07, 6.45) is 2.08. The summed E-state index contributed by atoms with van der Waals surface area (Å²) >= 11 is 1.68. The summed E-state index contributed by atoms with van der Waals surface area (Å²) in [6, 6.07) is 12.6. The smallest absolute Gasteiger partial charge is 0.242 e. The third-order valence-corrected chi connectivity index (χ3v) is 5.11. The molecule has 0 aliphatic rings. The van der Waals surface area contributed by atoms with E-state index in [0.29, 0.717) is 0 Å². The van der Waals surface area contributed by atoms with Gasteiger partial charge >= 0.3 is 0 Å². The van der Waals surface area contributed by atoms with Gasteiger partial charge in [0.1, 0.15) is 10.8 Å². The Labute approximate surface area is 138 Å². The van der Waals surface area contributed by atoms with Gasteiger partial charge in [-0.1, -0.05) is 36.0 Å². The van der Waals surface area contributed by atoms with Crippen molar-refractivity contribution in [3.63, 3.8) is 0 Å². The van der Waals surface area contributed by atoms with Crippen molar-refractivity contribution in [1.82, 2.24) is 0 Å². The van der Waals surface area contributed by atoms with Gasteiger partial charge in [0.25, 0.3) is 0 Å². The maximum absolute atomic E-state index is 6.25. The van der Waals surface area contributed by atoms with Gasteiger partial charge in [-0.05, 0) is 61.3 Å². The molecule has 0 heterocycles. The molecule has 0 aliphatic carbocycles. The first-order chi connectivity index (χ1) is 10.4. The van der Waals surface area contributed by atoms with Gasteiger partial charge in [0.2, 0.25) is 8.32 Å². The standard InChI is InChI=1S/C18H24O2SSi/c1-13(18(21-3)20-22(4,5)6)16-9-7-8-14-12-15(19-2)10-11-17(14)16/h7-12H,1-6H3/b18-13-. The SMILES string of the molecule is COc1ccc2c(/C(C)=C(/O[Si](C)(C)C)SC)cccc2c1. The number of fused-ring (bicyclic) bond motifs is 1. The highest BCUT2D eigenvalue weighted by Gasteiger charge is 2.19. The minimum absolute atomic E-state index is 0.884. The molecule has 0 radical (unpaired) electrons. The third kappa shape index (κ3) is 3.87. The van der Waals surface area contributed by atoms with Crippen LogP contribution >= 0.6 is 11.8 Å². The topological polar surface area (TPSA) is 18.5 Å². The van der Waals surface area contributed by atoms with Crippen molar-refractivity contribution in [2.75, 3.05) is 13.4 Å². The molecule has 0 saturated heterocycles. The number of thioether (sulfide) groups is 1. The van der Waals surface area contributed by atoms with Crippen LogP contribution < -0.4 is 4.74 Å². The Balaban J connectivity index is 2.57. The number of benzene rings is 2. The second-order valence-electron chi connectivity index (χ2n) is 6.22. The lowest BCUT2D eigenvalue weighted by atomic mass is 10.00. The lowest BCUT2D eigenvalue weighted by Crippen LogP contribution is -2.24. The molecule has 0 amide bonds. The van der Waals surface area contributed by atoms with Gasteiger partial charge in [-0.15, -0.1) is 0 Å². The molecule has 0 aliphatic heterocycles. The minimum atomic E-state index is -1.62. The van der Waals surface area contributed by atoms with Crippen LogP contribution in [0.4, 0.5) is 0 Å². The summed E-state index contributed by atoms with van der Waals surface area (Å²) in [5.74, 6) is 0.884. The summed E-state index contributed by atoms with van der Waals surface area (Å²) in [7, 11) is 0.0804. The predicted molar refractivity (Wildman–Crippen MR) is 101 cm³/mol. The van der Waals surface area contributed by atoms with E-state index in [4.69, 9.17) is 9.16 Å². The van der Waals surface area contributed by atoms with Crippen molar-refractivity contribution < 1.29 is 9.16 Å². The van der Waals surface area contributed by atoms with Crippen molar-refractivity contribution in [3.05, 3.63) is 47.1 Å². The summed E-state index contributed by atoms with van der Waals surface area (Å²) in [4.78, 5) is 0. The first-order valence-electron chi connectivity index (χ1n) is 7.37. The largest absolute Gasteiger partial charge is 0.540 e. The predicted octanol–water partition coefficient (Wildman–Crippen LogP) is 5.75. The van der Waals surface area contributed by atoms with Crippen LogP contribution in [0.25, 0.3) is 16.3 Å². The molecule has 2 rings (SSSR count). The Morgan fingerprint density at radius 2 is 1.82 bits per heavy atom. The average molecular weight is 333 g/mol. The van der Waals surface area contributed by atoms with Crippen LogP contribution in [0.2, 0.25) is 19.6 Å². The Hall–Kier alpha value is -1.39. The monoisotopic (exact) mass is 332 g/mol.